The molecule has 0 bridgehead atoms. The van der Waals surface area contributed by atoms with Gasteiger partial charge in [-0.15, -0.1) is 0 Å². The van der Waals surface area contributed by atoms with Crippen molar-refractivity contribution in [2.45, 2.75) is 104 Å². The number of allylic oxidation sites excluding steroid dienone is 1. The number of hydrogen-bond acceptors (Lipinski definition) is 2. The Morgan fingerprint density at radius 2 is 1.18 bits per heavy atom. The number of hydrogen-bond donors (Lipinski definition) is 0. The van der Waals surface area contributed by atoms with Crippen LogP contribution in [-0.4, -0.2) is 13.4 Å². The van der Waals surface area contributed by atoms with Gasteiger partial charge in [0.2, 0.25) is 0 Å². The molecule has 0 aromatic heterocycles. The first-order valence-electron chi connectivity index (χ1n) is 9.76. The SMILES string of the molecule is CCCCCCCCCCCCC=COCOCCCCC. The Bertz CT molecular complexity index is 214. The predicted molar refractivity (Wildman–Crippen MR) is 97.0 cm³/mol. The molecule has 0 spiro atoms. The highest BCUT2D eigenvalue weighted by molar-refractivity contribution is 4.72. The summed E-state index contributed by atoms with van der Waals surface area (Å²) >= 11 is 0. The standard InChI is InChI=1S/C20H40O2/c1-3-5-7-8-9-10-11-12-13-14-15-17-19-22-20-21-18-16-6-4-2/h17,19H,3-16,18,20H2,1-2H3. The number of ether oxygens (including phenoxy) is 2. The van der Waals surface area contributed by atoms with Crippen molar-refractivity contribution in [2.24, 2.45) is 0 Å². The zero-order chi connectivity index (χ0) is 16.1. The zero-order valence-electron chi connectivity index (χ0n) is 15.3. The summed E-state index contributed by atoms with van der Waals surface area (Å²) in [5, 5.41) is 0. The summed E-state index contributed by atoms with van der Waals surface area (Å²) in [6, 6.07) is 0. The first kappa shape index (κ1) is 21.5. The van der Waals surface area contributed by atoms with Crippen molar-refractivity contribution in [3.63, 3.8) is 0 Å². The van der Waals surface area contributed by atoms with E-state index in [1.165, 1.54) is 77.0 Å². The molecule has 0 amide bonds. The highest BCUT2D eigenvalue weighted by Gasteiger charge is 1.92. The van der Waals surface area contributed by atoms with E-state index in [0.717, 1.165) is 19.4 Å². The normalized spacial score (nSPS) is 11.4. The lowest BCUT2D eigenvalue weighted by Gasteiger charge is -2.03. The maximum atomic E-state index is 5.37. The van der Waals surface area contributed by atoms with E-state index in [1.807, 2.05) is 0 Å². The van der Waals surface area contributed by atoms with Gasteiger partial charge in [0.25, 0.3) is 0 Å². The van der Waals surface area contributed by atoms with E-state index in [-0.39, 0.29) is 0 Å². The fourth-order valence-corrected chi connectivity index (χ4v) is 2.49. The highest BCUT2D eigenvalue weighted by atomic mass is 16.7. The van der Waals surface area contributed by atoms with E-state index in [0.29, 0.717) is 6.79 Å². The first-order chi connectivity index (χ1) is 10.9. The minimum atomic E-state index is 0.401. The maximum absolute atomic E-state index is 5.37. The highest BCUT2D eigenvalue weighted by Crippen LogP contribution is 2.11. The van der Waals surface area contributed by atoms with Crippen LogP contribution in [0.25, 0.3) is 0 Å². The molecule has 2 nitrogen and oxygen atoms in total. The Morgan fingerprint density at radius 3 is 1.82 bits per heavy atom. The van der Waals surface area contributed by atoms with Crippen LogP contribution in [0.5, 0.6) is 0 Å². The molecular formula is C20H40O2. The third kappa shape index (κ3) is 19.5. The molecule has 0 aliphatic rings. The average Bonchev–Trinajstić information content (AvgIpc) is 2.54. The van der Waals surface area contributed by atoms with Gasteiger partial charge in [0.1, 0.15) is 0 Å². The average molecular weight is 313 g/mol. The van der Waals surface area contributed by atoms with Gasteiger partial charge >= 0.3 is 0 Å². The lowest BCUT2D eigenvalue weighted by molar-refractivity contribution is -0.0127. The van der Waals surface area contributed by atoms with Crippen molar-refractivity contribution in [2.75, 3.05) is 13.4 Å². The van der Waals surface area contributed by atoms with E-state index in [9.17, 15) is 0 Å². The quantitative estimate of drug-likeness (QED) is 0.154. The second kappa shape index (κ2) is 20.5. The van der Waals surface area contributed by atoms with Crippen molar-refractivity contribution in [1.29, 1.82) is 0 Å². The van der Waals surface area contributed by atoms with Crippen LogP contribution in [0.4, 0.5) is 0 Å². The minimum Gasteiger partial charge on any atom is -0.475 e. The second-order valence-electron chi connectivity index (χ2n) is 6.24. The molecule has 0 aliphatic carbocycles. The maximum Gasteiger partial charge on any atom is 0.188 e. The third-order valence-electron chi connectivity index (χ3n) is 3.96. The van der Waals surface area contributed by atoms with Crippen molar-refractivity contribution >= 4 is 0 Å². The van der Waals surface area contributed by atoms with Gasteiger partial charge in [-0.2, -0.15) is 0 Å². The molecule has 0 unspecified atom stereocenters. The van der Waals surface area contributed by atoms with Gasteiger partial charge in [-0.25, -0.2) is 0 Å². The van der Waals surface area contributed by atoms with Gasteiger partial charge in [-0.1, -0.05) is 84.5 Å². The largest absolute Gasteiger partial charge is 0.475 e. The molecule has 0 aliphatic heterocycles. The van der Waals surface area contributed by atoms with E-state index in [2.05, 4.69) is 19.9 Å². The minimum absolute atomic E-state index is 0.401. The second-order valence-corrected chi connectivity index (χ2v) is 6.24. The number of unbranched alkanes of at least 4 members (excludes halogenated alkanes) is 12. The summed E-state index contributed by atoms with van der Waals surface area (Å²) in [6.45, 7) is 5.70. The fraction of sp³-hybridized carbons (Fsp3) is 0.900. The van der Waals surface area contributed by atoms with Gasteiger partial charge in [0.05, 0.1) is 12.9 Å². The molecule has 0 saturated carbocycles. The Morgan fingerprint density at radius 1 is 0.636 bits per heavy atom. The lowest BCUT2D eigenvalue weighted by Crippen LogP contribution is -1.97. The first-order valence-corrected chi connectivity index (χ1v) is 9.76. The Labute approximate surface area is 139 Å². The summed E-state index contributed by atoms with van der Waals surface area (Å²) in [6.07, 6.45) is 22.6. The fourth-order valence-electron chi connectivity index (χ4n) is 2.49. The predicted octanol–water partition coefficient (Wildman–Crippen LogP) is 6.99. The van der Waals surface area contributed by atoms with Crippen LogP contribution in [0.3, 0.4) is 0 Å². The smallest absolute Gasteiger partial charge is 0.188 e. The Kier molecular flexibility index (Phi) is 20.0. The third-order valence-corrected chi connectivity index (χ3v) is 3.96. The van der Waals surface area contributed by atoms with E-state index < -0.39 is 0 Å². The van der Waals surface area contributed by atoms with Gasteiger partial charge in [-0.3, -0.25) is 0 Å². The molecule has 2 heteroatoms. The van der Waals surface area contributed by atoms with Crippen molar-refractivity contribution in [3.8, 4) is 0 Å². The molecule has 0 N–H and O–H groups in total. The number of rotatable bonds is 18. The molecule has 0 heterocycles. The molecule has 0 fully saturated rings. The molecule has 132 valence electrons. The topological polar surface area (TPSA) is 18.5 Å². The Hall–Kier alpha value is -0.500. The monoisotopic (exact) mass is 312 g/mol. The van der Waals surface area contributed by atoms with Gasteiger partial charge in [-0.05, 0) is 25.3 Å². The molecule has 0 saturated heterocycles. The molecule has 22 heavy (non-hydrogen) atoms. The molecule has 0 aromatic rings. The van der Waals surface area contributed by atoms with Crippen LogP contribution in [0.2, 0.25) is 0 Å². The Balaban J connectivity index is 3.02. The summed E-state index contributed by atoms with van der Waals surface area (Å²) in [4.78, 5) is 0. The van der Waals surface area contributed by atoms with E-state index in [1.54, 1.807) is 6.26 Å². The lowest BCUT2D eigenvalue weighted by atomic mass is 10.1. The van der Waals surface area contributed by atoms with Crippen LogP contribution in [0, 0.1) is 0 Å². The van der Waals surface area contributed by atoms with Crippen molar-refractivity contribution < 1.29 is 9.47 Å². The van der Waals surface area contributed by atoms with E-state index in [4.69, 9.17) is 9.47 Å². The summed E-state index contributed by atoms with van der Waals surface area (Å²) in [7, 11) is 0. The van der Waals surface area contributed by atoms with Gasteiger partial charge in [0, 0.05) is 0 Å². The molecular weight excluding hydrogens is 272 g/mol. The molecule has 0 atom stereocenters. The van der Waals surface area contributed by atoms with Gasteiger partial charge < -0.3 is 9.47 Å². The van der Waals surface area contributed by atoms with Crippen LogP contribution < -0.4 is 0 Å². The van der Waals surface area contributed by atoms with E-state index >= 15 is 0 Å². The van der Waals surface area contributed by atoms with Gasteiger partial charge in [0.15, 0.2) is 6.79 Å². The van der Waals surface area contributed by atoms with Crippen LogP contribution >= 0.6 is 0 Å². The molecule has 0 aromatic carbocycles. The summed E-state index contributed by atoms with van der Waals surface area (Å²) in [5.74, 6) is 0. The van der Waals surface area contributed by atoms with Crippen molar-refractivity contribution in [1.82, 2.24) is 0 Å². The molecule has 0 radical (unpaired) electrons. The van der Waals surface area contributed by atoms with Crippen LogP contribution in [0.1, 0.15) is 104 Å². The van der Waals surface area contributed by atoms with Crippen LogP contribution in [-0.2, 0) is 9.47 Å². The summed E-state index contributed by atoms with van der Waals surface area (Å²) in [5.41, 5.74) is 0. The zero-order valence-corrected chi connectivity index (χ0v) is 15.3. The van der Waals surface area contributed by atoms with Crippen LogP contribution in [0.15, 0.2) is 12.3 Å². The molecule has 0 rings (SSSR count). The van der Waals surface area contributed by atoms with Crippen molar-refractivity contribution in [3.05, 3.63) is 12.3 Å². The summed E-state index contributed by atoms with van der Waals surface area (Å²) < 4.78 is 10.7.